The fourth-order valence-electron chi connectivity index (χ4n) is 3.10. The first-order chi connectivity index (χ1) is 14.6. The highest BCUT2D eigenvalue weighted by molar-refractivity contribution is 8.00. The third kappa shape index (κ3) is 6.04. The molecule has 0 atom stereocenters. The van der Waals surface area contributed by atoms with Crippen LogP contribution in [-0.4, -0.2) is 21.4 Å². The molecular formula is C22H21ClF3N3OS. The van der Waals surface area contributed by atoms with Crippen molar-refractivity contribution in [1.82, 2.24) is 15.1 Å². The second-order valence-corrected chi connectivity index (χ2v) is 8.45. The predicted molar refractivity (Wildman–Crippen MR) is 116 cm³/mol. The summed E-state index contributed by atoms with van der Waals surface area (Å²) in [4.78, 5) is 12.6. The molecule has 0 saturated carbocycles. The van der Waals surface area contributed by atoms with Crippen molar-refractivity contribution in [1.29, 1.82) is 0 Å². The first-order valence-corrected chi connectivity index (χ1v) is 10.8. The minimum absolute atomic E-state index is 0.00478. The molecule has 0 saturated heterocycles. The lowest BCUT2D eigenvalue weighted by atomic mass is 10.2. The molecule has 2 aromatic carbocycles. The van der Waals surface area contributed by atoms with Crippen LogP contribution in [0.3, 0.4) is 0 Å². The number of aromatic nitrogens is 2. The highest BCUT2D eigenvalue weighted by Crippen LogP contribution is 2.36. The number of nitrogens with zero attached hydrogens (tertiary/aromatic N) is 2. The van der Waals surface area contributed by atoms with Gasteiger partial charge in [-0.25, -0.2) is 0 Å². The van der Waals surface area contributed by atoms with E-state index < -0.39 is 11.7 Å². The maximum absolute atomic E-state index is 13.0. The van der Waals surface area contributed by atoms with E-state index in [-0.39, 0.29) is 16.7 Å². The van der Waals surface area contributed by atoms with E-state index in [2.05, 4.69) is 10.4 Å². The zero-order valence-corrected chi connectivity index (χ0v) is 18.5. The minimum atomic E-state index is -4.54. The van der Waals surface area contributed by atoms with Gasteiger partial charge in [0, 0.05) is 22.7 Å². The Labute approximate surface area is 187 Å². The number of hydrogen-bond acceptors (Lipinski definition) is 3. The monoisotopic (exact) mass is 467 g/mol. The van der Waals surface area contributed by atoms with Gasteiger partial charge in [-0.3, -0.25) is 9.48 Å². The van der Waals surface area contributed by atoms with Crippen molar-refractivity contribution in [2.45, 2.75) is 38.0 Å². The molecule has 164 valence electrons. The summed E-state index contributed by atoms with van der Waals surface area (Å²) in [6, 6.07) is 13.6. The molecule has 0 bridgehead atoms. The lowest BCUT2D eigenvalue weighted by Gasteiger charge is -2.11. The standard InChI is InChI=1S/C22H21ClF3N3OS/c1-14-18(15(2)29(28-14)12-16-6-4-3-5-7-16)11-27-21(30)13-31-17-8-9-20(23)19(10-17)22(24,25)26/h3-10H,11-13H2,1-2H3,(H,27,30). The maximum Gasteiger partial charge on any atom is 0.417 e. The highest BCUT2D eigenvalue weighted by Gasteiger charge is 2.33. The van der Waals surface area contributed by atoms with Crippen LogP contribution in [0.15, 0.2) is 53.4 Å². The van der Waals surface area contributed by atoms with E-state index in [4.69, 9.17) is 11.6 Å². The van der Waals surface area contributed by atoms with Crippen molar-refractivity contribution in [2.24, 2.45) is 0 Å². The van der Waals surface area contributed by atoms with Gasteiger partial charge in [0.25, 0.3) is 0 Å². The number of thioether (sulfide) groups is 1. The molecule has 0 radical (unpaired) electrons. The van der Waals surface area contributed by atoms with Crippen LogP contribution in [0.2, 0.25) is 5.02 Å². The van der Waals surface area contributed by atoms with Gasteiger partial charge < -0.3 is 5.32 Å². The summed E-state index contributed by atoms with van der Waals surface area (Å²) in [6.45, 7) is 4.78. The van der Waals surface area contributed by atoms with E-state index in [1.807, 2.05) is 48.9 Å². The van der Waals surface area contributed by atoms with Crippen LogP contribution in [0.5, 0.6) is 0 Å². The number of benzene rings is 2. The van der Waals surface area contributed by atoms with Gasteiger partial charge in [-0.2, -0.15) is 18.3 Å². The summed E-state index contributed by atoms with van der Waals surface area (Å²) in [5.74, 6) is -0.280. The Kier molecular flexibility index (Phi) is 7.33. The second kappa shape index (κ2) is 9.78. The number of nitrogens with one attached hydrogen (secondary N) is 1. The molecule has 0 fully saturated rings. The molecule has 31 heavy (non-hydrogen) atoms. The number of aryl methyl sites for hydroxylation is 1. The Morgan fingerprint density at radius 2 is 1.87 bits per heavy atom. The number of carbonyl (C=O) groups excluding carboxylic acids is 1. The first kappa shape index (κ1) is 23.2. The van der Waals surface area contributed by atoms with Gasteiger partial charge in [0.2, 0.25) is 5.91 Å². The van der Waals surface area contributed by atoms with E-state index in [0.717, 1.165) is 40.3 Å². The summed E-state index contributed by atoms with van der Waals surface area (Å²) in [6.07, 6.45) is -4.54. The number of hydrogen-bond donors (Lipinski definition) is 1. The van der Waals surface area contributed by atoms with Crippen molar-refractivity contribution >= 4 is 29.3 Å². The number of amides is 1. The van der Waals surface area contributed by atoms with E-state index in [1.165, 1.54) is 12.1 Å². The Hall–Kier alpha value is -2.45. The molecule has 4 nitrogen and oxygen atoms in total. The van der Waals surface area contributed by atoms with Gasteiger partial charge in [0.15, 0.2) is 0 Å². The van der Waals surface area contributed by atoms with Gasteiger partial charge in [-0.15, -0.1) is 11.8 Å². The third-order valence-corrected chi connectivity index (χ3v) is 6.11. The number of halogens is 4. The fourth-order valence-corrected chi connectivity index (χ4v) is 4.09. The number of carbonyl (C=O) groups is 1. The predicted octanol–water partition coefficient (Wildman–Crippen LogP) is 5.63. The topological polar surface area (TPSA) is 46.9 Å². The summed E-state index contributed by atoms with van der Waals surface area (Å²) in [5, 5.41) is 7.02. The molecule has 0 spiro atoms. The van der Waals surface area contributed by atoms with Crippen molar-refractivity contribution in [2.75, 3.05) is 5.75 Å². The van der Waals surface area contributed by atoms with Crippen LogP contribution in [0.25, 0.3) is 0 Å². The molecule has 3 aromatic rings. The Bertz CT molecular complexity index is 1070. The van der Waals surface area contributed by atoms with Crippen LogP contribution in [-0.2, 0) is 24.1 Å². The average Bonchev–Trinajstić information content (AvgIpc) is 2.98. The first-order valence-electron chi connectivity index (χ1n) is 9.48. The summed E-state index contributed by atoms with van der Waals surface area (Å²) in [5.41, 5.74) is 2.94. The lowest BCUT2D eigenvalue weighted by molar-refractivity contribution is -0.137. The van der Waals surface area contributed by atoms with Gasteiger partial charge >= 0.3 is 6.18 Å². The molecule has 1 heterocycles. The molecule has 1 aromatic heterocycles. The van der Waals surface area contributed by atoms with E-state index in [0.29, 0.717) is 18.0 Å². The van der Waals surface area contributed by atoms with E-state index in [1.54, 1.807) is 0 Å². The summed E-state index contributed by atoms with van der Waals surface area (Å²) in [7, 11) is 0. The molecule has 0 aliphatic rings. The second-order valence-electron chi connectivity index (χ2n) is 7.00. The van der Waals surface area contributed by atoms with Gasteiger partial charge in [0.05, 0.1) is 28.6 Å². The Morgan fingerprint density at radius 1 is 1.16 bits per heavy atom. The third-order valence-electron chi connectivity index (χ3n) is 4.78. The van der Waals surface area contributed by atoms with E-state index in [9.17, 15) is 18.0 Å². The molecule has 1 amide bonds. The van der Waals surface area contributed by atoms with Crippen molar-refractivity contribution in [3.8, 4) is 0 Å². The van der Waals surface area contributed by atoms with Crippen molar-refractivity contribution in [3.63, 3.8) is 0 Å². The van der Waals surface area contributed by atoms with Crippen molar-refractivity contribution in [3.05, 3.63) is 81.6 Å². The van der Waals surface area contributed by atoms with E-state index >= 15 is 0 Å². The highest BCUT2D eigenvalue weighted by atomic mass is 35.5. The van der Waals surface area contributed by atoms with Crippen LogP contribution in [0.1, 0.15) is 28.1 Å². The molecule has 0 aliphatic carbocycles. The van der Waals surface area contributed by atoms with Crippen LogP contribution in [0, 0.1) is 13.8 Å². The quantitative estimate of drug-likeness (QED) is 0.458. The molecule has 3 rings (SSSR count). The lowest BCUT2D eigenvalue weighted by Crippen LogP contribution is -2.25. The Balaban J connectivity index is 1.58. The largest absolute Gasteiger partial charge is 0.417 e. The summed E-state index contributed by atoms with van der Waals surface area (Å²) >= 11 is 6.65. The van der Waals surface area contributed by atoms with Gasteiger partial charge in [0.1, 0.15) is 0 Å². The minimum Gasteiger partial charge on any atom is -0.351 e. The van der Waals surface area contributed by atoms with Crippen LogP contribution >= 0.6 is 23.4 Å². The molecule has 1 N–H and O–H groups in total. The molecular weight excluding hydrogens is 447 g/mol. The summed E-state index contributed by atoms with van der Waals surface area (Å²) < 4.78 is 40.8. The maximum atomic E-state index is 13.0. The fraction of sp³-hybridized carbons (Fsp3) is 0.273. The zero-order valence-electron chi connectivity index (χ0n) is 17.0. The number of alkyl halides is 3. The van der Waals surface area contributed by atoms with Crippen molar-refractivity contribution < 1.29 is 18.0 Å². The smallest absolute Gasteiger partial charge is 0.351 e. The van der Waals surface area contributed by atoms with Crippen LogP contribution in [0.4, 0.5) is 13.2 Å². The van der Waals surface area contributed by atoms with Gasteiger partial charge in [-0.1, -0.05) is 41.9 Å². The SMILES string of the molecule is Cc1nn(Cc2ccccc2)c(C)c1CNC(=O)CSc1ccc(Cl)c(C(F)(F)F)c1. The molecule has 0 unspecified atom stereocenters. The van der Waals surface area contributed by atoms with Gasteiger partial charge in [-0.05, 0) is 37.6 Å². The number of rotatable bonds is 7. The van der Waals surface area contributed by atoms with Crippen LogP contribution < -0.4 is 5.32 Å². The zero-order chi connectivity index (χ0) is 22.6. The average molecular weight is 468 g/mol. The Morgan fingerprint density at radius 3 is 2.55 bits per heavy atom. The molecule has 0 aliphatic heterocycles. The normalized spacial score (nSPS) is 11.5. The molecule has 9 heteroatoms.